The van der Waals surface area contributed by atoms with Gasteiger partial charge in [-0.05, 0) is 36.6 Å². The lowest BCUT2D eigenvalue weighted by Gasteiger charge is -2.16. The van der Waals surface area contributed by atoms with Crippen molar-refractivity contribution < 1.29 is 9.90 Å². The molecule has 0 aliphatic rings. The van der Waals surface area contributed by atoms with Gasteiger partial charge in [0, 0.05) is 24.9 Å². The van der Waals surface area contributed by atoms with E-state index in [-0.39, 0.29) is 12.5 Å². The summed E-state index contributed by atoms with van der Waals surface area (Å²) in [6.45, 7) is 4.64. The molecule has 0 bridgehead atoms. The Morgan fingerprint density at radius 1 is 1.04 bits per heavy atom. The van der Waals surface area contributed by atoms with Crippen LogP contribution in [0.4, 0.5) is 5.69 Å². The summed E-state index contributed by atoms with van der Waals surface area (Å²) >= 11 is 0. The zero-order valence-electron chi connectivity index (χ0n) is 14.1. The topological polar surface area (TPSA) is 61.4 Å². The minimum atomic E-state index is -0.655. The summed E-state index contributed by atoms with van der Waals surface area (Å²) in [6.07, 6.45) is 2.57. The number of rotatable bonds is 7. The molecule has 1 unspecified atom stereocenters. The predicted molar refractivity (Wildman–Crippen MR) is 98.9 cm³/mol. The Bertz CT molecular complexity index is 676. The summed E-state index contributed by atoms with van der Waals surface area (Å²) in [5.74, 6) is -0.218. The molecule has 24 heavy (non-hydrogen) atoms. The van der Waals surface area contributed by atoms with Gasteiger partial charge in [-0.25, -0.2) is 0 Å². The molecule has 2 aromatic carbocycles. The summed E-state index contributed by atoms with van der Waals surface area (Å²) in [5, 5.41) is 16.0. The number of nitrogens with one attached hydrogen (secondary N) is 2. The Balaban J connectivity index is 1.76. The van der Waals surface area contributed by atoms with E-state index < -0.39 is 6.10 Å². The van der Waals surface area contributed by atoms with Crippen LogP contribution in [-0.2, 0) is 4.79 Å². The first-order valence-electron chi connectivity index (χ1n) is 8.05. The highest BCUT2D eigenvalue weighted by Crippen LogP contribution is 2.19. The quantitative estimate of drug-likeness (QED) is 0.686. The van der Waals surface area contributed by atoms with Gasteiger partial charge in [0.05, 0.1) is 6.10 Å². The van der Waals surface area contributed by atoms with E-state index >= 15 is 0 Å². The van der Waals surface area contributed by atoms with Crippen LogP contribution < -0.4 is 10.6 Å². The Labute approximate surface area is 143 Å². The summed E-state index contributed by atoms with van der Waals surface area (Å²) in [7, 11) is 0. The molecule has 3 N–H and O–H groups in total. The van der Waals surface area contributed by atoms with E-state index in [0.29, 0.717) is 6.54 Å². The van der Waals surface area contributed by atoms with Gasteiger partial charge in [0.15, 0.2) is 0 Å². The van der Waals surface area contributed by atoms with Crippen LogP contribution in [0.3, 0.4) is 0 Å². The number of aryl methyl sites for hydroxylation is 2. The summed E-state index contributed by atoms with van der Waals surface area (Å²) < 4.78 is 0. The van der Waals surface area contributed by atoms with Gasteiger partial charge in [-0.1, -0.05) is 48.5 Å². The first-order chi connectivity index (χ1) is 11.6. The first-order valence-corrected chi connectivity index (χ1v) is 8.05. The number of anilines is 1. The van der Waals surface area contributed by atoms with Crippen LogP contribution in [-0.4, -0.2) is 30.2 Å². The molecule has 1 atom stereocenters. The van der Waals surface area contributed by atoms with E-state index in [4.69, 9.17) is 0 Å². The third-order valence-electron chi connectivity index (χ3n) is 3.73. The predicted octanol–water partition coefficient (Wildman–Crippen LogP) is 2.91. The molecule has 0 saturated heterocycles. The molecule has 0 fully saturated rings. The minimum absolute atomic E-state index is 0.204. The SMILES string of the molecule is Cc1cccc(C)c1NCC(O)CNC(=O)C=Cc1ccccc1. The zero-order valence-corrected chi connectivity index (χ0v) is 14.1. The fraction of sp³-hybridized carbons (Fsp3) is 0.250. The number of carbonyl (C=O) groups excluding carboxylic acids is 1. The lowest BCUT2D eigenvalue weighted by atomic mass is 10.1. The highest BCUT2D eigenvalue weighted by Gasteiger charge is 2.07. The average Bonchev–Trinajstić information content (AvgIpc) is 2.58. The summed E-state index contributed by atoms with van der Waals surface area (Å²) in [6, 6.07) is 15.7. The normalized spacial score (nSPS) is 12.1. The molecule has 1 amide bonds. The maximum atomic E-state index is 11.8. The second-order valence-electron chi connectivity index (χ2n) is 5.79. The van der Waals surface area contributed by atoms with Gasteiger partial charge in [0.2, 0.25) is 5.91 Å². The molecule has 4 heteroatoms. The van der Waals surface area contributed by atoms with Crippen LogP contribution in [0.5, 0.6) is 0 Å². The minimum Gasteiger partial charge on any atom is -0.389 e. The van der Waals surface area contributed by atoms with Gasteiger partial charge in [-0.2, -0.15) is 0 Å². The van der Waals surface area contributed by atoms with Crippen LogP contribution in [0.15, 0.2) is 54.6 Å². The molecular formula is C20H24N2O2. The molecule has 0 spiro atoms. The van der Waals surface area contributed by atoms with Crippen LogP contribution in [0.25, 0.3) is 6.08 Å². The van der Waals surface area contributed by atoms with Crippen molar-refractivity contribution in [2.75, 3.05) is 18.4 Å². The third-order valence-corrected chi connectivity index (χ3v) is 3.73. The molecular weight excluding hydrogens is 300 g/mol. The van der Waals surface area contributed by atoms with Gasteiger partial charge in [-0.15, -0.1) is 0 Å². The maximum absolute atomic E-state index is 11.8. The van der Waals surface area contributed by atoms with Crippen molar-refractivity contribution in [3.63, 3.8) is 0 Å². The molecule has 2 aromatic rings. The van der Waals surface area contributed by atoms with Crippen molar-refractivity contribution in [2.45, 2.75) is 20.0 Å². The number of hydrogen-bond acceptors (Lipinski definition) is 3. The molecule has 4 nitrogen and oxygen atoms in total. The van der Waals surface area contributed by atoms with Gasteiger partial charge in [0.1, 0.15) is 0 Å². The van der Waals surface area contributed by atoms with E-state index in [0.717, 1.165) is 22.4 Å². The van der Waals surface area contributed by atoms with Crippen molar-refractivity contribution in [1.82, 2.24) is 5.32 Å². The van der Waals surface area contributed by atoms with Gasteiger partial charge < -0.3 is 15.7 Å². The fourth-order valence-corrected chi connectivity index (χ4v) is 2.40. The maximum Gasteiger partial charge on any atom is 0.244 e. The number of carbonyl (C=O) groups is 1. The Kier molecular flexibility index (Phi) is 6.58. The molecule has 126 valence electrons. The fourth-order valence-electron chi connectivity index (χ4n) is 2.40. The lowest BCUT2D eigenvalue weighted by Crippen LogP contribution is -2.35. The Morgan fingerprint density at radius 2 is 1.71 bits per heavy atom. The van der Waals surface area contributed by atoms with E-state index in [9.17, 15) is 9.90 Å². The van der Waals surface area contributed by atoms with E-state index in [1.807, 2.05) is 62.4 Å². The summed E-state index contributed by atoms with van der Waals surface area (Å²) in [5.41, 5.74) is 4.27. The third kappa shape index (κ3) is 5.56. The molecule has 0 radical (unpaired) electrons. The van der Waals surface area contributed by atoms with Crippen molar-refractivity contribution in [3.05, 3.63) is 71.3 Å². The van der Waals surface area contributed by atoms with Crippen molar-refractivity contribution in [1.29, 1.82) is 0 Å². The van der Waals surface area contributed by atoms with E-state index in [2.05, 4.69) is 10.6 Å². The van der Waals surface area contributed by atoms with Crippen LogP contribution in [0.2, 0.25) is 0 Å². The van der Waals surface area contributed by atoms with E-state index in [1.54, 1.807) is 6.08 Å². The Morgan fingerprint density at radius 3 is 2.38 bits per heavy atom. The van der Waals surface area contributed by atoms with Gasteiger partial charge in [0.25, 0.3) is 0 Å². The van der Waals surface area contributed by atoms with Gasteiger partial charge in [-0.3, -0.25) is 4.79 Å². The standard InChI is InChI=1S/C20H24N2O2/c1-15-7-6-8-16(2)20(15)22-14-18(23)13-21-19(24)12-11-17-9-4-3-5-10-17/h3-12,18,22-23H,13-14H2,1-2H3,(H,21,24). The lowest BCUT2D eigenvalue weighted by molar-refractivity contribution is -0.116. The van der Waals surface area contributed by atoms with Crippen LogP contribution >= 0.6 is 0 Å². The number of amides is 1. The zero-order chi connectivity index (χ0) is 17.4. The highest BCUT2D eigenvalue weighted by molar-refractivity contribution is 5.91. The number of para-hydroxylation sites is 1. The monoisotopic (exact) mass is 324 g/mol. The van der Waals surface area contributed by atoms with Crippen LogP contribution in [0, 0.1) is 13.8 Å². The molecule has 0 aromatic heterocycles. The molecule has 0 aliphatic heterocycles. The molecule has 0 saturated carbocycles. The van der Waals surface area contributed by atoms with Crippen molar-refractivity contribution in [2.24, 2.45) is 0 Å². The number of hydrogen-bond donors (Lipinski definition) is 3. The second-order valence-corrected chi connectivity index (χ2v) is 5.79. The van der Waals surface area contributed by atoms with E-state index in [1.165, 1.54) is 6.08 Å². The highest BCUT2D eigenvalue weighted by atomic mass is 16.3. The first kappa shape index (κ1) is 17.8. The molecule has 0 aliphatic carbocycles. The molecule has 2 rings (SSSR count). The van der Waals surface area contributed by atoms with Gasteiger partial charge >= 0.3 is 0 Å². The smallest absolute Gasteiger partial charge is 0.244 e. The number of aliphatic hydroxyl groups excluding tert-OH is 1. The van der Waals surface area contributed by atoms with Crippen molar-refractivity contribution in [3.8, 4) is 0 Å². The average molecular weight is 324 g/mol. The number of benzene rings is 2. The number of aliphatic hydroxyl groups is 1. The summed E-state index contributed by atoms with van der Waals surface area (Å²) in [4.78, 5) is 11.8. The van der Waals surface area contributed by atoms with Crippen molar-refractivity contribution >= 4 is 17.7 Å². The Hall–Kier alpha value is -2.59. The molecule has 0 heterocycles. The largest absolute Gasteiger partial charge is 0.389 e. The second kappa shape index (κ2) is 8.89. The van der Waals surface area contributed by atoms with Crippen LogP contribution in [0.1, 0.15) is 16.7 Å².